The van der Waals surface area contributed by atoms with Crippen LogP contribution in [0.5, 0.6) is 0 Å². The zero-order valence-electron chi connectivity index (χ0n) is 11.5. The number of sulfonamides is 1. The Balaban J connectivity index is 3.22. The standard InChI is InChI=1S/C11H11F3N2O6S/c1-7(10(17)18)15(23(21,22)11(12,13)14)6-8-2-4-9(5-3-8)16(19)20/h2-5,7H,6H2,1H3,(H,17,18)/t7-/m0/s1. The zero-order chi connectivity index (χ0) is 18.0. The molecular weight excluding hydrogens is 345 g/mol. The number of carboxylic acids is 1. The Labute approximate surface area is 128 Å². The molecule has 1 N–H and O–H groups in total. The third kappa shape index (κ3) is 4.16. The van der Waals surface area contributed by atoms with Crippen LogP contribution in [0.1, 0.15) is 12.5 Å². The molecule has 1 atom stereocenters. The van der Waals surface area contributed by atoms with Crippen molar-refractivity contribution < 1.29 is 36.4 Å². The normalized spacial score (nSPS) is 13.8. The van der Waals surface area contributed by atoms with E-state index in [1.807, 2.05) is 0 Å². The van der Waals surface area contributed by atoms with Gasteiger partial charge in [0.05, 0.1) is 4.92 Å². The minimum atomic E-state index is -5.89. The van der Waals surface area contributed by atoms with Gasteiger partial charge in [0, 0.05) is 18.7 Å². The molecule has 0 aliphatic rings. The van der Waals surface area contributed by atoms with Crippen molar-refractivity contribution in [3.8, 4) is 0 Å². The van der Waals surface area contributed by atoms with Crippen molar-refractivity contribution in [2.75, 3.05) is 0 Å². The number of aliphatic carboxylic acids is 1. The molecule has 1 aromatic rings. The molecule has 0 radical (unpaired) electrons. The van der Waals surface area contributed by atoms with E-state index < -0.39 is 39.0 Å². The lowest BCUT2D eigenvalue weighted by Crippen LogP contribution is -2.48. The Hall–Kier alpha value is -2.21. The second-order valence-electron chi connectivity index (χ2n) is 4.43. The number of nitrogens with zero attached hydrogens (tertiary/aromatic N) is 2. The van der Waals surface area contributed by atoms with Crippen LogP contribution in [0.4, 0.5) is 18.9 Å². The van der Waals surface area contributed by atoms with E-state index in [0.717, 1.165) is 31.2 Å². The van der Waals surface area contributed by atoms with E-state index in [2.05, 4.69) is 0 Å². The number of benzene rings is 1. The van der Waals surface area contributed by atoms with Crippen LogP contribution in [-0.2, 0) is 21.4 Å². The van der Waals surface area contributed by atoms with Gasteiger partial charge in [-0.05, 0) is 12.5 Å². The van der Waals surface area contributed by atoms with Crippen molar-refractivity contribution in [1.82, 2.24) is 4.31 Å². The van der Waals surface area contributed by atoms with Crippen molar-refractivity contribution in [3.63, 3.8) is 0 Å². The molecule has 0 aliphatic carbocycles. The average Bonchev–Trinajstić information content (AvgIpc) is 2.42. The molecule has 0 amide bonds. The van der Waals surface area contributed by atoms with Crippen molar-refractivity contribution in [2.24, 2.45) is 0 Å². The summed E-state index contributed by atoms with van der Waals surface area (Å²) in [6, 6.07) is 2.06. The maximum atomic E-state index is 12.7. The molecule has 0 aromatic heterocycles. The first kappa shape index (κ1) is 18.8. The molecule has 0 fully saturated rings. The highest BCUT2D eigenvalue weighted by Crippen LogP contribution is 2.30. The van der Waals surface area contributed by atoms with Gasteiger partial charge in [0.15, 0.2) is 0 Å². The molecule has 0 saturated carbocycles. The number of hydrogen-bond donors (Lipinski definition) is 1. The van der Waals surface area contributed by atoms with Gasteiger partial charge in [-0.1, -0.05) is 12.1 Å². The summed E-state index contributed by atoms with van der Waals surface area (Å²) in [5.74, 6) is -1.76. The van der Waals surface area contributed by atoms with Crippen LogP contribution in [0.25, 0.3) is 0 Å². The molecule has 0 heterocycles. The van der Waals surface area contributed by atoms with Crippen LogP contribution < -0.4 is 0 Å². The van der Waals surface area contributed by atoms with Crippen LogP contribution in [0.15, 0.2) is 24.3 Å². The largest absolute Gasteiger partial charge is 0.511 e. The van der Waals surface area contributed by atoms with Gasteiger partial charge in [-0.3, -0.25) is 14.9 Å². The van der Waals surface area contributed by atoms with Gasteiger partial charge >= 0.3 is 21.5 Å². The molecular formula is C11H11F3N2O6S. The SMILES string of the molecule is C[C@@H](C(=O)O)N(Cc1ccc([N+](=O)[O-])cc1)S(=O)(=O)C(F)(F)F. The molecule has 23 heavy (non-hydrogen) atoms. The molecule has 0 spiro atoms. The Morgan fingerprint density at radius 2 is 1.83 bits per heavy atom. The van der Waals surface area contributed by atoms with E-state index in [0.29, 0.717) is 0 Å². The molecule has 0 aliphatic heterocycles. The highest BCUT2D eigenvalue weighted by atomic mass is 32.2. The fourth-order valence-corrected chi connectivity index (χ4v) is 2.68. The lowest BCUT2D eigenvalue weighted by Gasteiger charge is -2.26. The lowest BCUT2D eigenvalue weighted by atomic mass is 10.2. The summed E-state index contributed by atoms with van der Waals surface area (Å²) in [4.78, 5) is 20.6. The van der Waals surface area contributed by atoms with E-state index in [4.69, 9.17) is 5.11 Å². The number of hydrogen-bond acceptors (Lipinski definition) is 5. The van der Waals surface area contributed by atoms with Gasteiger partial charge in [-0.25, -0.2) is 8.42 Å². The van der Waals surface area contributed by atoms with Crippen molar-refractivity contribution in [2.45, 2.75) is 25.0 Å². The Morgan fingerprint density at radius 3 is 2.17 bits per heavy atom. The second-order valence-corrected chi connectivity index (χ2v) is 6.32. The smallest absolute Gasteiger partial charge is 0.480 e. The summed E-state index contributed by atoms with van der Waals surface area (Å²) < 4.78 is 60.8. The number of alkyl halides is 3. The molecule has 8 nitrogen and oxygen atoms in total. The Kier molecular flexibility index (Phi) is 5.32. The van der Waals surface area contributed by atoms with Crippen LogP contribution in [0, 0.1) is 10.1 Å². The van der Waals surface area contributed by atoms with E-state index in [9.17, 15) is 36.5 Å². The highest BCUT2D eigenvalue weighted by molar-refractivity contribution is 7.90. The lowest BCUT2D eigenvalue weighted by molar-refractivity contribution is -0.384. The van der Waals surface area contributed by atoms with Gasteiger partial charge in [-0.15, -0.1) is 0 Å². The monoisotopic (exact) mass is 356 g/mol. The zero-order valence-corrected chi connectivity index (χ0v) is 12.3. The Bertz CT molecular complexity index is 701. The number of non-ortho nitro benzene ring substituents is 1. The predicted octanol–water partition coefficient (Wildman–Crippen LogP) is 1.72. The molecule has 1 aromatic carbocycles. The Morgan fingerprint density at radius 1 is 1.35 bits per heavy atom. The number of rotatable bonds is 6. The number of nitro groups is 1. The van der Waals surface area contributed by atoms with E-state index in [1.54, 1.807) is 0 Å². The van der Waals surface area contributed by atoms with E-state index >= 15 is 0 Å². The molecule has 128 valence electrons. The van der Waals surface area contributed by atoms with Crippen LogP contribution in [0.2, 0.25) is 0 Å². The fraction of sp³-hybridized carbons (Fsp3) is 0.364. The molecule has 0 unspecified atom stereocenters. The second kappa shape index (κ2) is 6.50. The van der Waals surface area contributed by atoms with E-state index in [-0.39, 0.29) is 15.6 Å². The first-order chi connectivity index (χ1) is 10.4. The summed E-state index contributed by atoms with van der Waals surface area (Å²) in [6.07, 6.45) is 0. The van der Waals surface area contributed by atoms with Gasteiger partial charge in [0.25, 0.3) is 5.69 Å². The third-order valence-electron chi connectivity index (χ3n) is 2.88. The highest BCUT2D eigenvalue weighted by Gasteiger charge is 2.52. The maximum absolute atomic E-state index is 12.7. The minimum absolute atomic E-state index is 0.0310. The predicted molar refractivity (Wildman–Crippen MR) is 70.7 cm³/mol. The third-order valence-corrected chi connectivity index (χ3v) is 4.52. The maximum Gasteiger partial charge on any atom is 0.511 e. The topological polar surface area (TPSA) is 118 Å². The molecule has 1 rings (SSSR count). The fourth-order valence-electron chi connectivity index (χ4n) is 1.59. The molecule has 0 bridgehead atoms. The van der Waals surface area contributed by atoms with Gasteiger partial charge in [0.2, 0.25) is 0 Å². The van der Waals surface area contributed by atoms with Crippen LogP contribution in [0.3, 0.4) is 0 Å². The minimum Gasteiger partial charge on any atom is -0.480 e. The number of carboxylic acid groups (broad SMARTS) is 1. The number of halogens is 3. The summed E-state index contributed by atoms with van der Waals surface area (Å²) in [7, 11) is -5.89. The van der Waals surface area contributed by atoms with Gasteiger partial charge in [-0.2, -0.15) is 17.5 Å². The summed E-state index contributed by atoms with van der Waals surface area (Å²) >= 11 is 0. The van der Waals surface area contributed by atoms with Gasteiger partial charge < -0.3 is 5.11 Å². The number of carbonyl (C=O) groups is 1. The first-order valence-electron chi connectivity index (χ1n) is 5.92. The molecule has 12 heteroatoms. The van der Waals surface area contributed by atoms with Crippen LogP contribution >= 0.6 is 0 Å². The molecule has 0 saturated heterocycles. The van der Waals surface area contributed by atoms with Crippen molar-refractivity contribution >= 4 is 21.7 Å². The first-order valence-corrected chi connectivity index (χ1v) is 7.36. The summed E-state index contributed by atoms with van der Waals surface area (Å²) in [5.41, 5.74) is -6.04. The van der Waals surface area contributed by atoms with Crippen molar-refractivity contribution in [1.29, 1.82) is 0 Å². The summed E-state index contributed by atoms with van der Waals surface area (Å²) in [5, 5.41) is 19.3. The quantitative estimate of drug-likeness (QED) is 0.612. The van der Waals surface area contributed by atoms with Gasteiger partial charge in [0.1, 0.15) is 6.04 Å². The number of nitro benzene ring substituents is 1. The summed E-state index contributed by atoms with van der Waals surface area (Å²) in [6.45, 7) is -0.107. The average molecular weight is 356 g/mol. The van der Waals surface area contributed by atoms with E-state index in [1.165, 1.54) is 0 Å². The van der Waals surface area contributed by atoms with Crippen molar-refractivity contribution in [3.05, 3.63) is 39.9 Å². The van der Waals surface area contributed by atoms with Crippen LogP contribution in [-0.4, -0.2) is 40.3 Å².